The van der Waals surface area contributed by atoms with Gasteiger partial charge in [0.15, 0.2) is 5.96 Å². The van der Waals surface area contributed by atoms with Crippen LogP contribution in [0.15, 0.2) is 0 Å². The van der Waals surface area contributed by atoms with E-state index in [4.69, 9.17) is 43.7 Å². The fourth-order valence-electron chi connectivity index (χ4n) is 0.669. The van der Waals surface area contributed by atoms with Gasteiger partial charge in [0, 0.05) is 6.54 Å². The molecule has 0 aromatic heterocycles. The van der Waals surface area contributed by atoms with E-state index < -0.39 is 36.0 Å². The van der Waals surface area contributed by atoms with E-state index in [1.165, 1.54) is 13.8 Å². The lowest BCUT2D eigenvalue weighted by molar-refractivity contribution is -0.139. The molecule has 3 unspecified atom stereocenters. The summed E-state index contributed by atoms with van der Waals surface area (Å²) in [4.78, 5) is 29.4. The van der Waals surface area contributed by atoms with Crippen molar-refractivity contribution in [3.05, 3.63) is 0 Å². The first kappa shape index (κ1) is 26.5. The molecule has 0 radical (unpaired) electrons. The molecule has 3 atom stereocenters. The second-order valence-corrected chi connectivity index (χ2v) is 4.68. The molecule has 0 saturated heterocycles. The van der Waals surface area contributed by atoms with E-state index in [1.54, 1.807) is 0 Å². The fraction of sp³-hybridized carbons (Fsp3) is 0.667. The van der Waals surface area contributed by atoms with Crippen molar-refractivity contribution >= 4 is 23.9 Å². The van der Waals surface area contributed by atoms with Gasteiger partial charge in [-0.3, -0.25) is 19.8 Å². The Morgan fingerprint density at radius 2 is 1.29 bits per heavy atom. The number of carbonyl (C=O) groups is 3. The van der Waals surface area contributed by atoms with Gasteiger partial charge in [0.2, 0.25) is 0 Å². The lowest BCUT2D eigenvalue weighted by atomic mass is 10.2. The highest BCUT2D eigenvalue weighted by atomic mass is 16.4. The van der Waals surface area contributed by atoms with Gasteiger partial charge in [-0.05, 0) is 26.7 Å². The van der Waals surface area contributed by atoms with Crippen LogP contribution >= 0.6 is 0 Å². The van der Waals surface area contributed by atoms with Gasteiger partial charge in [0.1, 0.15) is 18.1 Å². The second kappa shape index (κ2) is 15.5. The topological polar surface area (TPSA) is 252 Å². The van der Waals surface area contributed by atoms with Crippen LogP contribution in [-0.4, -0.2) is 63.9 Å². The van der Waals surface area contributed by atoms with Crippen molar-refractivity contribution in [2.24, 2.45) is 22.9 Å². The molecule has 12 heteroatoms. The number of hydrogen-bond acceptors (Lipinski definition) is 7. The van der Waals surface area contributed by atoms with Crippen molar-refractivity contribution < 1.29 is 29.7 Å². The summed E-state index contributed by atoms with van der Waals surface area (Å²) in [6.45, 7) is 3.32. The number of carboxylic acids is 3. The van der Waals surface area contributed by atoms with Crippen LogP contribution in [0.25, 0.3) is 0 Å². The lowest BCUT2D eigenvalue weighted by Crippen LogP contribution is -2.34. The Morgan fingerprint density at radius 1 is 0.958 bits per heavy atom. The molecule has 0 spiro atoms. The largest absolute Gasteiger partial charge is 0.480 e. The van der Waals surface area contributed by atoms with Crippen LogP contribution in [0, 0.1) is 5.41 Å². The summed E-state index contributed by atoms with van der Waals surface area (Å²) in [7, 11) is 0. The number of hydrogen-bond donors (Lipinski definition) is 9. The lowest BCUT2D eigenvalue weighted by Gasteiger charge is -2.06. The first-order chi connectivity index (χ1) is 10.8. The third-order valence-electron chi connectivity index (χ3n) is 2.10. The summed E-state index contributed by atoms with van der Waals surface area (Å²) in [6.07, 6.45) is 0.975. The molecule has 0 saturated carbocycles. The first-order valence-corrected chi connectivity index (χ1v) is 6.85. The average molecular weight is 352 g/mol. The van der Waals surface area contributed by atoms with Gasteiger partial charge in [0.05, 0.1) is 0 Å². The standard InChI is InChI=1S/C6H14N4O2.2C3H7NO2/c7-4(5(11)12)2-1-3-10-6(8)9;2*1-2(4)3(5)6/h4H,1-3,7H2,(H,11,12)(H4,8,9,10);2*2H,4H2,1H3,(H,5,6). The van der Waals surface area contributed by atoms with Crippen molar-refractivity contribution in [3.8, 4) is 0 Å². The molecular weight excluding hydrogens is 324 g/mol. The van der Waals surface area contributed by atoms with Gasteiger partial charge < -0.3 is 43.6 Å². The normalized spacial score (nSPS) is 12.9. The molecule has 0 aliphatic carbocycles. The Bertz CT molecular complexity index is 383. The summed E-state index contributed by atoms with van der Waals surface area (Å²) >= 11 is 0. The molecule has 0 bridgehead atoms. The van der Waals surface area contributed by atoms with Gasteiger partial charge in [-0.2, -0.15) is 0 Å². The fourth-order valence-corrected chi connectivity index (χ4v) is 0.669. The maximum atomic E-state index is 10.2. The third kappa shape index (κ3) is 24.6. The first-order valence-electron chi connectivity index (χ1n) is 6.85. The summed E-state index contributed by atoms with van der Waals surface area (Å²) < 4.78 is 0. The van der Waals surface area contributed by atoms with Crippen LogP contribution in [0.5, 0.6) is 0 Å². The number of nitrogens with one attached hydrogen (secondary N) is 2. The molecule has 0 heterocycles. The maximum Gasteiger partial charge on any atom is 0.320 e. The predicted octanol–water partition coefficient (Wildman–Crippen LogP) is -2.50. The van der Waals surface area contributed by atoms with Crippen molar-refractivity contribution in [2.75, 3.05) is 6.54 Å². The smallest absolute Gasteiger partial charge is 0.320 e. The summed E-state index contributed by atoms with van der Waals surface area (Å²) in [5.41, 5.74) is 19.9. The zero-order chi connectivity index (χ0) is 19.9. The van der Waals surface area contributed by atoms with E-state index in [1.807, 2.05) is 0 Å². The highest BCUT2D eigenvalue weighted by Gasteiger charge is 2.09. The zero-order valence-corrected chi connectivity index (χ0v) is 13.7. The molecule has 0 aliphatic rings. The Morgan fingerprint density at radius 3 is 1.50 bits per heavy atom. The van der Waals surface area contributed by atoms with E-state index >= 15 is 0 Å². The minimum Gasteiger partial charge on any atom is -0.480 e. The van der Waals surface area contributed by atoms with E-state index in [-0.39, 0.29) is 5.96 Å². The van der Waals surface area contributed by atoms with Crippen LogP contribution in [0.4, 0.5) is 0 Å². The van der Waals surface area contributed by atoms with E-state index in [2.05, 4.69) is 5.32 Å². The van der Waals surface area contributed by atoms with Gasteiger partial charge in [0.25, 0.3) is 0 Å². The van der Waals surface area contributed by atoms with Crippen LogP contribution in [0.3, 0.4) is 0 Å². The monoisotopic (exact) mass is 352 g/mol. The Labute approximate surface area is 139 Å². The van der Waals surface area contributed by atoms with E-state index in [0.29, 0.717) is 19.4 Å². The van der Waals surface area contributed by atoms with Crippen LogP contribution in [0.1, 0.15) is 26.7 Å². The van der Waals surface area contributed by atoms with Crippen LogP contribution in [-0.2, 0) is 14.4 Å². The predicted molar refractivity (Wildman–Crippen MR) is 87.3 cm³/mol. The quantitative estimate of drug-likeness (QED) is 0.131. The Balaban J connectivity index is -0.000000309. The highest BCUT2D eigenvalue weighted by molar-refractivity contribution is 5.74. The van der Waals surface area contributed by atoms with Crippen molar-refractivity contribution in [1.29, 1.82) is 5.41 Å². The molecule has 0 fully saturated rings. The summed E-state index contributed by atoms with van der Waals surface area (Å²) in [6, 6.07) is -2.28. The van der Waals surface area contributed by atoms with E-state index in [9.17, 15) is 14.4 Å². The molecule has 0 aromatic carbocycles. The molecule has 0 aromatic rings. The summed E-state index contributed by atoms with van der Waals surface area (Å²) in [5.74, 6) is -3.04. The number of aliphatic carboxylic acids is 3. The average Bonchev–Trinajstić information content (AvgIpc) is 2.44. The molecule has 142 valence electrons. The van der Waals surface area contributed by atoms with Gasteiger partial charge in [-0.25, -0.2) is 0 Å². The van der Waals surface area contributed by atoms with Gasteiger partial charge in [-0.1, -0.05) is 0 Å². The number of nitrogens with two attached hydrogens (primary N) is 4. The molecule has 0 aliphatic heterocycles. The highest BCUT2D eigenvalue weighted by Crippen LogP contribution is 1.92. The van der Waals surface area contributed by atoms with Gasteiger partial charge in [-0.15, -0.1) is 0 Å². The van der Waals surface area contributed by atoms with E-state index in [0.717, 1.165) is 0 Å². The van der Waals surface area contributed by atoms with Crippen molar-refractivity contribution in [3.63, 3.8) is 0 Å². The third-order valence-corrected chi connectivity index (χ3v) is 2.10. The second-order valence-electron chi connectivity index (χ2n) is 4.68. The number of rotatable bonds is 7. The Hall–Kier alpha value is -2.44. The number of carboxylic acid groups (broad SMARTS) is 3. The summed E-state index contributed by atoms with van der Waals surface area (Å²) in [5, 5.41) is 33.4. The minimum atomic E-state index is -1.00. The van der Waals surface area contributed by atoms with Crippen molar-refractivity contribution in [2.45, 2.75) is 44.8 Å². The number of guanidine groups is 1. The van der Waals surface area contributed by atoms with Crippen LogP contribution in [0.2, 0.25) is 0 Å². The molecular formula is C12H28N6O6. The molecule has 12 nitrogen and oxygen atoms in total. The molecule has 0 amide bonds. The minimum absolute atomic E-state index is 0.112. The van der Waals surface area contributed by atoms with Crippen molar-refractivity contribution in [1.82, 2.24) is 5.32 Å². The molecule has 0 rings (SSSR count). The molecule has 13 N–H and O–H groups in total. The SMILES string of the molecule is CC(N)C(=O)O.CC(N)C(=O)O.N=C(N)NCCCC(N)C(=O)O. The van der Waals surface area contributed by atoms with Gasteiger partial charge >= 0.3 is 17.9 Å². The van der Waals surface area contributed by atoms with Crippen LogP contribution < -0.4 is 28.3 Å². The zero-order valence-electron chi connectivity index (χ0n) is 13.7. The Kier molecular flexibility index (Phi) is 17.0. The maximum absolute atomic E-state index is 10.2. The molecule has 24 heavy (non-hydrogen) atoms.